The number of esters is 1. The molecule has 0 bridgehead atoms. The maximum absolute atomic E-state index is 12.3. The number of hydrogen-bond donors (Lipinski definition) is 0. The first-order valence-electron chi connectivity index (χ1n) is 8.99. The molecule has 0 radical (unpaired) electrons. The molecular weight excluding hydrogens is 274 g/mol. The standard InChI is InChI=1S/C19H29NO2/c1-2-4-15-6-10-17(11-7-15)19(21)22-18-12-8-16(9-13-18)5-3-14-20/h3,5,15-18H,2,4,6-13H2,1H3. The van der Waals surface area contributed by atoms with Gasteiger partial charge in [-0.2, -0.15) is 5.26 Å². The second-order valence-electron chi connectivity index (χ2n) is 6.97. The van der Waals surface area contributed by atoms with Crippen molar-refractivity contribution in [1.82, 2.24) is 0 Å². The monoisotopic (exact) mass is 303 g/mol. The molecule has 0 saturated heterocycles. The molecule has 0 unspecified atom stereocenters. The number of carbonyl (C=O) groups excluding carboxylic acids is 1. The van der Waals surface area contributed by atoms with Crippen LogP contribution in [0.5, 0.6) is 0 Å². The lowest BCUT2D eigenvalue weighted by Gasteiger charge is -2.30. The summed E-state index contributed by atoms with van der Waals surface area (Å²) in [6, 6.07) is 2.05. The lowest BCUT2D eigenvalue weighted by Crippen LogP contribution is -2.29. The Hall–Kier alpha value is -1.30. The Labute approximate surface area is 134 Å². The van der Waals surface area contributed by atoms with Crippen molar-refractivity contribution >= 4 is 5.97 Å². The maximum atomic E-state index is 12.3. The van der Waals surface area contributed by atoms with Gasteiger partial charge in [0.25, 0.3) is 0 Å². The van der Waals surface area contributed by atoms with Gasteiger partial charge in [-0.15, -0.1) is 0 Å². The number of rotatable bonds is 5. The van der Waals surface area contributed by atoms with Gasteiger partial charge in [-0.1, -0.05) is 25.8 Å². The van der Waals surface area contributed by atoms with E-state index in [1.54, 1.807) is 6.08 Å². The fourth-order valence-electron chi connectivity index (χ4n) is 3.93. The second-order valence-corrected chi connectivity index (χ2v) is 6.97. The zero-order chi connectivity index (χ0) is 15.8. The van der Waals surface area contributed by atoms with E-state index in [-0.39, 0.29) is 18.0 Å². The Morgan fingerprint density at radius 2 is 1.82 bits per heavy atom. The van der Waals surface area contributed by atoms with Gasteiger partial charge in [0.15, 0.2) is 0 Å². The number of allylic oxidation sites excluding steroid dienone is 2. The molecule has 0 spiro atoms. The molecular formula is C19H29NO2. The van der Waals surface area contributed by atoms with Crippen LogP contribution in [0.25, 0.3) is 0 Å². The van der Waals surface area contributed by atoms with Gasteiger partial charge in [0.2, 0.25) is 0 Å². The van der Waals surface area contributed by atoms with E-state index in [2.05, 4.69) is 6.92 Å². The average molecular weight is 303 g/mol. The molecule has 2 saturated carbocycles. The summed E-state index contributed by atoms with van der Waals surface area (Å²) in [5, 5.41) is 8.56. The molecule has 0 aromatic rings. The SMILES string of the molecule is CCCC1CCC(C(=O)OC2CCC(C=CC#N)CC2)CC1. The molecule has 2 fully saturated rings. The molecule has 3 heteroatoms. The third kappa shape index (κ3) is 5.16. The summed E-state index contributed by atoms with van der Waals surface area (Å²) < 4.78 is 5.75. The van der Waals surface area contributed by atoms with E-state index in [1.165, 1.54) is 25.7 Å². The normalized spacial score (nSPS) is 32.5. The van der Waals surface area contributed by atoms with Crippen molar-refractivity contribution in [3.05, 3.63) is 12.2 Å². The second kappa shape index (κ2) is 8.98. The minimum atomic E-state index is 0.0472. The van der Waals surface area contributed by atoms with Crippen LogP contribution in [0.3, 0.4) is 0 Å². The Kier molecular flexibility index (Phi) is 6.96. The predicted octanol–water partition coefficient (Wildman–Crippen LogP) is 4.77. The van der Waals surface area contributed by atoms with Crippen molar-refractivity contribution in [2.75, 3.05) is 0 Å². The molecule has 122 valence electrons. The molecule has 2 aliphatic rings. The van der Waals surface area contributed by atoms with Gasteiger partial charge in [0.1, 0.15) is 6.10 Å². The van der Waals surface area contributed by atoms with Crippen molar-refractivity contribution < 1.29 is 9.53 Å². The summed E-state index contributed by atoms with van der Waals surface area (Å²) in [5.41, 5.74) is 0. The van der Waals surface area contributed by atoms with Crippen molar-refractivity contribution in [2.45, 2.75) is 77.2 Å². The van der Waals surface area contributed by atoms with E-state index in [9.17, 15) is 4.79 Å². The molecule has 3 nitrogen and oxygen atoms in total. The smallest absolute Gasteiger partial charge is 0.309 e. The highest BCUT2D eigenvalue weighted by Gasteiger charge is 2.30. The number of carbonyl (C=O) groups is 1. The van der Waals surface area contributed by atoms with Crippen molar-refractivity contribution in [3.63, 3.8) is 0 Å². The van der Waals surface area contributed by atoms with Crippen LogP contribution in [0.15, 0.2) is 12.2 Å². The van der Waals surface area contributed by atoms with Crippen molar-refractivity contribution in [2.24, 2.45) is 17.8 Å². The molecule has 0 aromatic heterocycles. The predicted molar refractivity (Wildman–Crippen MR) is 86.9 cm³/mol. The molecule has 0 N–H and O–H groups in total. The first-order valence-corrected chi connectivity index (χ1v) is 8.99. The van der Waals surface area contributed by atoms with Gasteiger partial charge < -0.3 is 4.74 Å². The van der Waals surface area contributed by atoms with Crippen LogP contribution < -0.4 is 0 Å². The molecule has 0 aliphatic heterocycles. The highest BCUT2D eigenvalue weighted by Crippen LogP contribution is 2.33. The van der Waals surface area contributed by atoms with Gasteiger partial charge in [0, 0.05) is 6.08 Å². The lowest BCUT2D eigenvalue weighted by atomic mass is 9.80. The first kappa shape index (κ1) is 17.1. The lowest BCUT2D eigenvalue weighted by molar-refractivity contribution is -0.157. The van der Waals surface area contributed by atoms with Crippen LogP contribution in [0.1, 0.15) is 71.1 Å². The zero-order valence-corrected chi connectivity index (χ0v) is 13.8. The van der Waals surface area contributed by atoms with Gasteiger partial charge >= 0.3 is 5.97 Å². The van der Waals surface area contributed by atoms with E-state index in [4.69, 9.17) is 10.00 Å². The Balaban J connectivity index is 1.68. The Morgan fingerprint density at radius 3 is 2.41 bits per heavy atom. The third-order valence-electron chi connectivity index (χ3n) is 5.32. The molecule has 0 atom stereocenters. The molecule has 22 heavy (non-hydrogen) atoms. The summed E-state index contributed by atoms with van der Waals surface area (Å²) in [6.45, 7) is 2.24. The highest BCUT2D eigenvalue weighted by molar-refractivity contribution is 5.72. The summed E-state index contributed by atoms with van der Waals surface area (Å²) in [5.74, 6) is 1.51. The minimum Gasteiger partial charge on any atom is -0.462 e. The van der Waals surface area contributed by atoms with Crippen LogP contribution >= 0.6 is 0 Å². The number of nitrogens with zero attached hydrogens (tertiary/aromatic N) is 1. The highest BCUT2D eigenvalue weighted by atomic mass is 16.5. The largest absolute Gasteiger partial charge is 0.462 e. The zero-order valence-electron chi connectivity index (χ0n) is 13.8. The first-order chi connectivity index (χ1) is 10.7. The summed E-state index contributed by atoms with van der Waals surface area (Å²) in [6.07, 6.45) is 14.6. The van der Waals surface area contributed by atoms with Gasteiger partial charge in [0.05, 0.1) is 12.0 Å². The van der Waals surface area contributed by atoms with E-state index in [1.807, 2.05) is 12.1 Å². The quantitative estimate of drug-likeness (QED) is 0.542. The Bertz CT molecular complexity index is 408. The maximum Gasteiger partial charge on any atom is 0.309 e. The van der Waals surface area contributed by atoms with Crippen LogP contribution in [-0.2, 0) is 9.53 Å². The summed E-state index contributed by atoms with van der Waals surface area (Å²) in [4.78, 5) is 12.3. The van der Waals surface area contributed by atoms with Crippen molar-refractivity contribution in [3.8, 4) is 6.07 Å². The van der Waals surface area contributed by atoms with E-state index in [0.29, 0.717) is 5.92 Å². The summed E-state index contributed by atoms with van der Waals surface area (Å²) in [7, 11) is 0. The van der Waals surface area contributed by atoms with Crippen LogP contribution in [0, 0.1) is 29.1 Å². The molecule has 0 amide bonds. The fourth-order valence-corrected chi connectivity index (χ4v) is 3.93. The average Bonchev–Trinajstić information content (AvgIpc) is 2.55. The number of nitriles is 1. The van der Waals surface area contributed by atoms with Crippen LogP contribution in [-0.4, -0.2) is 12.1 Å². The van der Waals surface area contributed by atoms with E-state index < -0.39 is 0 Å². The fraction of sp³-hybridized carbons (Fsp3) is 0.789. The van der Waals surface area contributed by atoms with Crippen molar-refractivity contribution in [1.29, 1.82) is 5.26 Å². The van der Waals surface area contributed by atoms with Gasteiger partial charge in [-0.3, -0.25) is 4.79 Å². The van der Waals surface area contributed by atoms with E-state index in [0.717, 1.165) is 44.4 Å². The van der Waals surface area contributed by atoms with Crippen LogP contribution in [0.2, 0.25) is 0 Å². The van der Waals surface area contributed by atoms with Gasteiger partial charge in [-0.25, -0.2) is 0 Å². The van der Waals surface area contributed by atoms with Gasteiger partial charge in [-0.05, 0) is 63.2 Å². The molecule has 0 heterocycles. The number of ether oxygens (including phenoxy) is 1. The Morgan fingerprint density at radius 1 is 1.14 bits per heavy atom. The topological polar surface area (TPSA) is 50.1 Å². The van der Waals surface area contributed by atoms with Crippen LogP contribution in [0.4, 0.5) is 0 Å². The number of hydrogen-bond acceptors (Lipinski definition) is 3. The molecule has 2 aliphatic carbocycles. The third-order valence-corrected chi connectivity index (χ3v) is 5.32. The summed E-state index contributed by atoms with van der Waals surface area (Å²) >= 11 is 0. The molecule has 2 rings (SSSR count). The molecule has 0 aromatic carbocycles. The minimum absolute atomic E-state index is 0.0472. The van der Waals surface area contributed by atoms with E-state index >= 15 is 0 Å².